The third-order valence-electron chi connectivity index (χ3n) is 2.76. The largest absolute Gasteiger partial charge is 0.507 e. The first-order chi connectivity index (χ1) is 9.88. The lowest BCUT2D eigenvalue weighted by molar-refractivity contribution is 0.104. The summed E-state index contributed by atoms with van der Waals surface area (Å²) in [6, 6.07) is 6.21. The number of carbonyl (C=O) groups is 1. The molecule has 0 aliphatic heterocycles. The zero-order chi connectivity index (χ0) is 15.6. The van der Waals surface area contributed by atoms with Crippen molar-refractivity contribution in [1.29, 1.82) is 0 Å². The number of allylic oxidation sites excluding steroid dienone is 1. The molecular formula is C15H11ClO5. The van der Waals surface area contributed by atoms with Gasteiger partial charge < -0.3 is 20.4 Å². The number of ketones is 1. The molecule has 0 atom stereocenters. The molecule has 0 amide bonds. The lowest BCUT2D eigenvalue weighted by atomic mass is 10.1. The van der Waals surface area contributed by atoms with Gasteiger partial charge in [-0.15, -0.1) is 0 Å². The highest BCUT2D eigenvalue weighted by Gasteiger charge is 2.12. The molecule has 0 fully saturated rings. The standard InChI is InChI=1S/C15H11ClO5/c16-10-6-9(13(19)7-14(10)20)11(17)3-1-8-2-4-12(18)15(21)5-8/h1-7,18-21H/b3-1+. The van der Waals surface area contributed by atoms with E-state index in [0.717, 1.165) is 12.1 Å². The number of benzene rings is 2. The molecule has 2 aromatic rings. The molecule has 0 saturated heterocycles. The maximum Gasteiger partial charge on any atom is 0.189 e. The molecule has 108 valence electrons. The average molecular weight is 307 g/mol. The number of phenols is 4. The number of phenolic OH excluding ortho intramolecular Hbond substituents is 4. The third kappa shape index (κ3) is 3.27. The summed E-state index contributed by atoms with van der Waals surface area (Å²) in [7, 11) is 0. The molecule has 4 N–H and O–H groups in total. The Morgan fingerprint density at radius 2 is 1.62 bits per heavy atom. The molecule has 0 bridgehead atoms. The maximum absolute atomic E-state index is 12.0. The average Bonchev–Trinajstić information content (AvgIpc) is 2.44. The maximum atomic E-state index is 12.0. The second-order valence-corrected chi connectivity index (χ2v) is 4.67. The number of carbonyl (C=O) groups excluding carboxylic acids is 1. The van der Waals surface area contributed by atoms with E-state index in [2.05, 4.69) is 0 Å². The van der Waals surface area contributed by atoms with E-state index in [1.165, 1.54) is 30.4 Å². The quantitative estimate of drug-likeness (QED) is 0.397. The SMILES string of the molecule is O=C(/C=C/c1ccc(O)c(O)c1)c1cc(Cl)c(O)cc1O. The first-order valence-electron chi connectivity index (χ1n) is 5.84. The van der Waals surface area contributed by atoms with Crippen molar-refractivity contribution in [2.45, 2.75) is 0 Å². The van der Waals surface area contributed by atoms with Crippen molar-refractivity contribution in [2.24, 2.45) is 0 Å². The Hall–Kier alpha value is -2.66. The van der Waals surface area contributed by atoms with Crippen LogP contribution in [0.4, 0.5) is 0 Å². The van der Waals surface area contributed by atoms with Crippen molar-refractivity contribution in [3.05, 3.63) is 52.6 Å². The predicted octanol–water partition coefficient (Wildman–Crippen LogP) is 3.06. The fourth-order valence-corrected chi connectivity index (χ4v) is 1.82. The minimum absolute atomic E-state index is 0.0492. The smallest absolute Gasteiger partial charge is 0.189 e. The lowest BCUT2D eigenvalue weighted by Crippen LogP contribution is -1.95. The summed E-state index contributed by atoms with van der Waals surface area (Å²) in [6.07, 6.45) is 2.58. The fourth-order valence-electron chi connectivity index (χ4n) is 1.65. The molecule has 0 aliphatic rings. The summed E-state index contributed by atoms with van der Waals surface area (Å²) < 4.78 is 0. The molecule has 0 saturated carbocycles. The van der Waals surface area contributed by atoms with Crippen molar-refractivity contribution in [2.75, 3.05) is 0 Å². The minimum Gasteiger partial charge on any atom is -0.507 e. The highest BCUT2D eigenvalue weighted by Crippen LogP contribution is 2.31. The van der Waals surface area contributed by atoms with Gasteiger partial charge >= 0.3 is 0 Å². The predicted molar refractivity (Wildman–Crippen MR) is 77.9 cm³/mol. The van der Waals surface area contributed by atoms with Gasteiger partial charge in [0.1, 0.15) is 11.5 Å². The summed E-state index contributed by atoms with van der Waals surface area (Å²) in [5.41, 5.74) is 0.431. The summed E-state index contributed by atoms with van der Waals surface area (Å²) in [5, 5.41) is 37.4. The van der Waals surface area contributed by atoms with Crippen LogP contribution in [0.2, 0.25) is 5.02 Å². The molecular weight excluding hydrogens is 296 g/mol. The Bertz CT molecular complexity index is 737. The van der Waals surface area contributed by atoms with E-state index in [0.29, 0.717) is 5.56 Å². The van der Waals surface area contributed by atoms with Crippen LogP contribution in [0, 0.1) is 0 Å². The van der Waals surface area contributed by atoms with Crippen LogP contribution in [-0.4, -0.2) is 26.2 Å². The number of aromatic hydroxyl groups is 4. The molecule has 21 heavy (non-hydrogen) atoms. The van der Waals surface area contributed by atoms with Crippen LogP contribution in [0.15, 0.2) is 36.4 Å². The number of hydrogen-bond acceptors (Lipinski definition) is 5. The number of hydrogen-bond donors (Lipinski definition) is 4. The topological polar surface area (TPSA) is 98.0 Å². The van der Waals surface area contributed by atoms with Crippen LogP contribution >= 0.6 is 11.6 Å². The Morgan fingerprint density at radius 3 is 2.29 bits per heavy atom. The van der Waals surface area contributed by atoms with Crippen molar-refractivity contribution < 1.29 is 25.2 Å². The Balaban J connectivity index is 2.27. The van der Waals surface area contributed by atoms with E-state index < -0.39 is 5.78 Å². The van der Waals surface area contributed by atoms with E-state index in [-0.39, 0.29) is 33.6 Å². The fraction of sp³-hybridized carbons (Fsp3) is 0. The summed E-state index contributed by atoms with van der Waals surface area (Å²) in [4.78, 5) is 12.0. The van der Waals surface area contributed by atoms with Crippen molar-refractivity contribution >= 4 is 23.5 Å². The molecule has 5 nitrogen and oxygen atoms in total. The normalized spacial score (nSPS) is 10.9. The van der Waals surface area contributed by atoms with Gasteiger partial charge in [-0.3, -0.25) is 4.79 Å². The van der Waals surface area contributed by atoms with Crippen LogP contribution in [0.1, 0.15) is 15.9 Å². The Labute approximate surface area is 125 Å². The van der Waals surface area contributed by atoms with Gasteiger partial charge in [0.05, 0.1) is 10.6 Å². The zero-order valence-corrected chi connectivity index (χ0v) is 11.4. The van der Waals surface area contributed by atoms with Gasteiger partial charge in [0.25, 0.3) is 0 Å². The minimum atomic E-state index is -0.526. The van der Waals surface area contributed by atoms with E-state index >= 15 is 0 Å². The second kappa shape index (κ2) is 5.76. The summed E-state index contributed by atoms with van der Waals surface area (Å²) in [5.74, 6) is -1.80. The van der Waals surface area contributed by atoms with Gasteiger partial charge in [0.2, 0.25) is 0 Å². The van der Waals surface area contributed by atoms with Crippen LogP contribution in [0.3, 0.4) is 0 Å². The molecule has 2 rings (SSSR count). The number of rotatable bonds is 3. The molecule has 0 spiro atoms. The lowest BCUT2D eigenvalue weighted by Gasteiger charge is -2.03. The molecule has 0 aromatic heterocycles. The van der Waals surface area contributed by atoms with Gasteiger partial charge in [-0.25, -0.2) is 0 Å². The highest BCUT2D eigenvalue weighted by atomic mass is 35.5. The molecule has 2 aromatic carbocycles. The molecule has 0 heterocycles. The van der Waals surface area contributed by atoms with Crippen molar-refractivity contribution in [3.63, 3.8) is 0 Å². The van der Waals surface area contributed by atoms with Crippen LogP contribution in [0.25, 0.3) is 6.08 Å². The van der Waals surface area contributed by atoms with Crippen LogP contribution in [-0.2, 0) is 0 Å². The van der Waals surface area contributed by atoms with Gasteiger partial charge in [-0.1, -0.05) is 23.7 Å². The summed E-state index contributed by atoms with van der Waals surface area (Å²) in [6.45, 7) is 0. The van der Waals surface area contributed by atoms with Crippen LogP contribution in [0.5, 0.6) is 23.0 Å². The number of halogens is 1. The van der Waals surface area contributed by atoms with Gasteiger partial charge in [0, 0.05) is 6.07 Å². The molecule has 6 heteroatoms. The van der Waals surface area contributed by atoms with Gasteiger partial charge in [0.15, 0.2) is 17.3 Å². The van der Waals surface area contributed by atoms with E-state index in [9.17, 15) is 25.2 Å². The first-order valence-corrected chi connectivity index (χ1v) is 6.22. The second-order valence-electron chi connectivity index (χ2n) is 4.27. The van der Waals surface area contributed by atoms with E-state index in [1.54, 1.807) is 0 Å². The van der Waals surface area contributed by atoms with E-state index in [1.807, 2.05) is 0 Å². The first kappa shape index (κ1) is 14.7. The monoisotopic (exact) mass is 306 g/mol. The molecule has 0 aliphatic carbocycles. The Kier molecular flexibility index (Phi) is 4.05. The van der Waals surface area contributed by atoms with Crippen molar-refractivity contribution in [3.8, 4) is 23.0 Å². The van der Waals surface area contributed by atoms with Gasteiger partial charge in [-0.05, 0) is 29.8 Å². The van der Waals surface area contributed by atoms with E-state index in [4.69, 9.17) is 11.6 Å². The molecule has 0 unspecified atom stereocenters. The Morgan fingerprint density at radius 1 is 0.905 bits per heavy atom. The highest BCUT2D eigenvalue weighted by molar-refractivity contribution is 6.32. The third-order valence-corrected chi connectivity index (χ3v) is 3.06. The summed E-state index contributed by atoms with van der Waals surface area (Å²) >= 11 is 5.69. The van der Waals surface area contributed by atoms with Gasteiger partial charge in [-0.2, -0.15) is 0 Å². The van der Waals surface area contributed by atoms with Crippen LogP contribution < -0.4 is 0 Å². The zero-order valence-electron chi connectivity index (χ0n) is 10.6. The van der Waals surface area contributed by atoms with Crippen molar-refractivity contribution in [1.82, 2.24) is 0 Å². The molecule has 0 radical (unpaired) electrons.